The van der Waals surface area contributed by atoms with E-state index in [1.54, 1.807) is 0 Å². The summed E-state index contributed by atoms with van der Waals surface area (Å²) in [6.07, 6.45) is 0.878. The van der Waals surface area contributed by atoms with Crippen LogP contribution in [0.1, 0.15) is 37.4 Å². The lowest BCUT2D eigenvalue weighted by molar-refractivity contribution is 0.0719. The molecule has 2 N–H and O–H groups in total. The van der Waals surface area contributed by atoms with Crippen LogP contribution in [0.3, 0.4) is 0 Å². The van der Waals surface area contributed by atoms with E-state index in [0.29, 0.717) is 0 Å². The smallest absolute Gasteiger partial charge is 0.127 e. The zero-order chi connectivity index (χ0) is 10.3. The van der Waals surface area contributed by atoms with E-state index in [1.165, 1.54) is 5.56 Å². The van der Waals surface area contributed by atoms with Crippen molar-refractivity contribution < 1.29 is 4.74 Å². The molecular weight excluding hydrogens is 174 g/mol. The number of rotatable bonds is 0. The highest BCUT2D eigenvalue weighted by Gasteiger charge is 2.32. The largest absolute Gasteiger partial charge is 0.487 e. The molecule has 2 rings (SSSR count). The van der Waals surface area contributed by atoms with Crippen molar-refractivity contribution >= 4 is 0 Å². The van der Waals surface area contributed by atoms with Gasteiger partial charge in [-0.2, -0.15) is 0 Å². The van der Waals surface area contributed by atoms with E-state index in [-0.39, 0.29) is 11.6 Å². The minimum Gasteiger partial charge on any atom is -0.487 e. The van der Waals surface area contributed by atoms with E-state index in [2.05, 4.69) is 32.9 Å². The molecule has 14 heavy (non-hydrogen) atoms. The molecule has 1 aliphatic rings. The van der Waals surface area contributed by atoms with E-state index in [1.807, 2.05) is 6.07 Å². The van der Waals surface area contributed by atoms with Crippen molar-refractivity contribution in [3.63, 3.8) is 0 Å². The van der Waals surface area contributed by atoms with Gasteiger partial charge in [0.05, 0.1) is 0 Å². The van der Waals surface area contributed by atoms with Gasteiger partial charge in [-0.15, -0.1) is 0 Å². The van der Waals surface area contributed by atoms with E-state index in [0.717, 1.165) is 17.7 Å². The third-order valence-corrected chi connectivity index (χ3v) is 2.73. The molecule has 0 amide bonds. The Kier molecular flexibility index (Phi) is 2.04. The van der Waals surface area contributed by atoms with Crippen molar-refractivity contribution in [2.24, 2.45) is 5.73 Å². The summed E-state index contributed by atoms with van der Waals surface area (Å²) in [5.41, 5.74) is 8.29. The van der Waals surface area contributed by atoms with Crippen LogP contribution in [0.4, 0.5) is 0 Å². The molecule has 0 spiro atoms. The first-order valence-corrected chi connectivity index (χ1v) is 5.04. The summed E-state index contributed by atoms with van der Waals surface area (Å²) in [6, 6.07) is 6.26. The van der Waals surface area contributed by atoms with Crippen molar-refractivity contribution in [1.29, 1.82) is 0 Å². The van der Waals surface area contributed by atoms with Gasteiger partial charge < -0.3 is 10.5 Å². The maximum Gasteiger partial charge on any atom is 0.127 e. The molecule has 1 aliphatic heterocycles. The van der Waals surface area contributed by atoms with Gasteiger partial charge in [-0.1, -0.05) is 18.2 Å². The maximum atomic E-state index is 6.11. The number of benzene rings is 1. The molecule has 0 saturated heterocycles. The first kappa shape index (κ1) is 9.53. The summed E-state index contributed by atoms with van der Waals surface area (Å²) in [5.74, 6) is 0.983. The highest BCUT2D eigenvalue weighted by Crippen LogP contribution is 2.39. The Bertz CT molecular complexity index is 357. The minimum atomic E-state index is -0.140. The predicted molar refractivity (Wildman–Crippen MR) is 57.4 cm³/mol. The molecule has 0 bridgehead atoms. The van der Waals surface area contributed by atoms with E-state index >= 15 is 0 Å². The fourth-order valence-electron chi connectivity index (χ4n) is 2.06. The standard InChI is InChI=1S/C12H17NO/c1-8-5-4-6-9-10(13)7-12(2,3)14-11(8)9/h4-6,10H,7,13H2,1-3H3/t10-/m0/s1. The molecule has 0 aromatic heterocycles. The van der Waals surface area contributed by atoms with Gasteiger partial charge in [-0.25, -0.2) is 0 Å². The number of para-hydroxylation sites is 1. The molecule has 76 valence electrons. The lowest BCUT2D eigenvalue weighted by Gasteiger charge is -2.36. The zero-order valence-electron chi connectivity index (χ0n) is 9.00. The van der Waals surface area contributed by atoms with E-state index < -0.39 is 0 Å². The van der Waals surface area contributed by atoms with Gasteiger partial charge in [0.2, 0.25) is 0 Å². The molecule has 1 aromatic rings. The number of nitrogens with two attached hydrogens (primary N) is 1. The summed E-state index contributed by atoms with van der Waals surface area (Å²) in [7, 11) is 0. The lowest BCUT2D eigenvalue weighted by atomic mass is 9.89. The molecular formula is C12H17NO. The van der Waals surface area contributed by atoms with Gasteiger partial charge in [0.25, 0.3) is 0 Å². The van der Waals surface area contributed by atoms with Crippen molar-refractivity contribution in [2.45, 2.75) is 38.8 Å². The Morgan fingerprint density at radius 1 is 1.43 bits per heavy atom. The van der Waals surface area contributed by atoms with E-state index in [9.17, 15) is 0 Å². The Morgan fingerprint density at radius 3 is 2.86 bits per heavy atom. The quantitative estimate of drug-likeness (QED) is 0.684. The number of hydrogen-bond donors (Lipinski definition) is 1. The van der Waals surface area contributed by atoms with Gasteiger partial charge in [0.15, 0.2) is 0 Å². The van der Waals surface area contributed by atoms with Gasteiger partial charge in [0, 0.05) is 18.0 Å². The third-order valence-electron chi connectivity index (χ3n) is 2.73. The molecule has 1 atom stereocenters. The summed E-state index contributed by atoms with van der Waals surface area (Å²) in [6.45, 7) is 6.23. The van der Waals surface area contributed by atoms with Crippen molar-refractivity contribution in [1.82, 2.24) is 0 Å². The predicted octanol–water partition coefficient (Wildman–Crippen LogP) is 2.56. The second kappa shape index (κ2) is 2.99. The Labute approximate surface area is 85.1 Å². The fourth-order valence-corrected chi connectivity index (χ4v) is 2.06. The first-order chi connectivity index (χ1) is 6.49. The summed E-state index contributed by atoms with van der Waals surface area (Å²) < 4.78 is 5.94. The van der Waals surface area contributed by atoms with Crippen LogP contribution in [0.25, 0.3) is 0 Å². The summed E-state index contributed by atoms with van der Waals surface area (Å²) in [5, 5.41) is 0. The average molecular weight is 191 g/mol. The average Bonchev–Trinajstić information content (AvgIpc) is 2.05. The maximum absolute atomic E-state index is 6.11. The second-order valence-electron chi connectivity index (χ2n) is 4.67. The van der Waals surface area contributed by atoms with Crippen LogP contribution in [-0.2, 0) is 0 Å². The molecule has 0 fully saturated rings. The van der Waals surface area contributed by atoms with Crippen LogP contribution in [0.5, 0.6) is 5.75 Å². The Morgan fingerprint density at radius 2 is 2.14 bits per heavy atom. The Balaban J connectivity index is 2.51. The van der Waals surface area contributed by atoms with Crippen molar-refractivity contribution in [3.05, 3.63) is 29.3 Å². The SMILES string of the molecule is Cc1cccc2c1OC(C)(C)C[C@@H]2N. The zero-order valence-corrected chi connectivity index (χ0v) is 9.00. The van der Waals surface area contributed by atoms with Crippen LogP contribution < -0.4 is 10.5 Å². The summed E-state index contributed by atoms with van der Waals surface area (Å²) in [4.78, 5) is 0. The van der Waals surface area contributed by atoms with Gasteiger partial charge in [-0.3, -0.25) is 0 Å². The normalized spacial score (nSPS) is 23.9. The number of fused-ring (bicyclic) bond motifs is 1. The summed E-state index contributed by atoms with van der Waals surface area (Å²) >= 11 is 0. The highest BCUT2D eigenvalue weighted by atomic mass is 16.5. The third kappa shape index (κ3) is 1.50. The molecule has 2 heteroatoms. The molecule has 0 aliphatic carbocycles. The second-order valence-corrected chi connectivity index (χ2v) is 4.67. The van der Waals surface area contributed by atoms with Crippen LogP contribution >= 0.6 is 0 Å². The first-order valence-electron chi connectivity index (χ1n) is 5.04. The molecule has 2 nitrogen and oxygen atoms in total. The van der Waals surface area contributed by atoms with Gasteiger partial charge >= 0.3 is 0 Å². The highest BCUT2D eigenvalue weighted by molar-refractivity contribution is 5.44. The van der Waals surface area contributed by atoms with Crippen LogP contribution in [-0.4, -0.2) is 5.60 Å². The number of ether oxygens (including phenoxy) is 1. The van der Waals surface area contributed by atoms with E-state index in [4.69, 9.17) is 10.5 Å². The fraction of sp³-hybridized carbons (Fsp3) is 0.500. The minimum absolute atomic E-state index is 0.105. The molecule has 0 unspecified atom stereocenters. The molecule has 0 radical (unpaired) electrons. The van der Waals surface area contributed by atoms with Crippen molar-refractivity contribution in [3.8, 4) is 5.75 Å². The van der Waals surface area contributed by atoms with Crippen LogP contribution in [0.2, 0.25) is 0 Å². The lowest BCUT2D eigenvalue weighted by Crippen LogP contribution is -2.37. The monoisotopic (exact) mass is 191 g/mol. The van der Waals surface area contributed by atoms with Gasteiger partial charge in [0.1, 0.15) is 11.4 Å². The van der Waals surface area contributed by atoms with Crippen LogP contribution in [0, 0.1) is 6.92 Å². The topological polar surface area (TPSA) is 35.2 Å². The van der Waals surface area contributed by atoms with Gasteiger partial charge in [-0.05, 0) is 26.3 Å². The Hall–Kier alpha value is -1.02. The van der Waals surface area contributed by atoms with Crippen LogP contribution in [0.15, 0.2) is 18.2 Å². The molecule has 0 saturated carbocycles. The number of aryl methyl sites for hydroxylation is 1. The number of hydrogen-bond acceptors (Lipinski definition) is 2. The molecule has 1 heterocycles. The molecule has 1 aromatic carbocycles. The van der Waals surface area contributed by atoms with Crippen molar-refractivity contribution in [2.75, 3.05) is 0 Å².